The number of aryl methyl sites for hydroxylation is 1. The van der Waals surface area contributed by atoms with E-state index in [9.17, 15) is 0 Å². The normalized spacial score (nSPS) is 19.2. The van der Waals surface area contributed by atoms with Crippen molar-refractivity contribution in [1.29, 1.82) is 0 Å². The van der Waals surface area contributed by atoms with E-state index in [0.717, 1.165) is 12.2 Å². The number of nitrogens with one attached hydrogen (secondary N) is 1. The van der Waals surface area contributed by atoms with Gasteiger partial charge in [-0.25, -0.2) is 0 Å². The molecule has 3 rings (SSSR count). The highest BCUT2D eigenvalue weighted by molar-refractivity contribution is 5.35. The minimum atomic E-state index is 0.0626. The summed E-state index contributed by atoms with van der Waals surface area (Å²) in [6.45, 7) is 0.645. The van der Waals surface area contributed by atoms with Crippen LogP contribution in [-0.2, 0) is 19.9 Å². The van der Waals surface area contributed by atoms with Crippen LogP contribution in [0.25, 0.3) is 0 Å². The van der Waals surface area contributed by atoms with Crippen LogP contribution >= 0.6 is 0 Å². The van der Waals surface area contributed by atoms with E-state index in [1.54, 1.807) is 7.05 Å². The summed E-state index contributed by atoms with van der Waals surface area (Å²) in [6, 6.07) is 8.17. The van der Waals surface area contributed by atoms with Crippen molar-refractivity contribution in [2.24, 2.45) is 18.8 Å². The summed E-state index contributed by atoms with van der Waals surface area (Å²) in [5, 5.41) is 12.0. The minimum Gasteiger partial charge on any atom is -0.493 e. The summed E-state index contributed by atoms with van der Waals surface area (Å²) in [6.07, 6.45) is 1.58. The molecule has 2 unspecified atom stereocenters. The summed E-state index contributed by atoms with van der Waals surface area (Å²) < 4.78 is 5.80. The van der Waals surface area contributed by atoms with Crippen LogP contribution in [0.15, 0.2) is 24.3 Å². The number of fused-ring (bicyclic) bond motifs is 1. The summed E-state index contributed by atoms with van der Waals surface area (Å²) in [7, 11) is 1.75. The van der Waals surface area contributed by atoms with E-state index in [4.69, 9.17) is 10.6 Å². The first-order valence-corrected chi connectivity index (χ1v) is 6.66. The second kappa shape index (κ2) is 5.56. The number of rotatable bonds is 4. The lowest BCUT2D eigenvalue weighted by Crippen LogP contribution is -2.46. The Bertz CT molecular complexity index is 584. The van der Waals surface area contributed by atoms with E-state index in [0.29, 0.717) is 24.8 Å². The maximum atomic E-state index is 5.80. The third-order valence-electron chi connectivity index (χ3n) is 3.64. The Morgan fingerprint density at radius 2 is 2.35 bits per heavy atom. The van der Waals surface area contributed by atoms with Crippen LogP contribution in [0, 0.1) is 5.92 Å². The maximum Gasteiger partial charge on any atom is 0.176 e. The average molecular weight is 274 g/mol. The monoisotopic (exact) mass is 274 g/mol. The molecule has 7 heteroatoms. The van der Waals surface area contributed by atoms with Crippen LogP contribution in [0.4, 0.5) is 0 Å². The summed E-state index contributed by atoms with van der Waals surface area (Å²) in [5.41, 5.74) is 4.08. The minimum absolute atomic E-state index is 0.0626. The maximum absolute atomic E-state index is 5.80. The number of benzene rings is 1. The van der Waals surface area contributed by atoms with Gasteiger partial charge < -0.3 is 4.74 Å². The van der Waals surface area contributed by atoms with Crippen molar-refractivity contribution in [3.8, 4) is 5.75 Å². The Morgan fingerprint density at radius 1 is 1.50 bits per heavy atom. The second-order valence-corrected chi connectivity index (χ2v) is 5.06. The summed E-state index contributed by atoms with van der Waals surface area (Å²) >= 11 is 0. The number of nitrogens with zero attached hydrogens (tertiary/aromatic N) is 4. The van der Waals surface area contributed by atoms with Gasteiger partial charge in [-0.15, -0.1) is 10.2 Å². The van der Waals surface area contributed by atoms with E-state index >= 15 is 0 Å². The number of hydrogen-bond donors (Lipinski definition) is 2. The van der Waals surface area contributed by atoms with Gasteiger partial charge in [0.2, 0.25) is 0 Å². The molecule has 20 heavy (non-hydrogen) atoms. The van der Waals surface area contributed by atoms with Crippen molar-refractivity contribution < 1.29 is 4.74 Å². The van der Waals surface area contributed by atoms with E-state index < -0.39 is 0 Å². The third-order valence-corrected chi connectivity index (χ3v) is 3.64. The highest BCUT2D eigenvalue weighted by atomic mass is 16.5. The molecule has 0 bridgehead atoms. The van der Waals surface area contributed by atoms with E-state index in [2.05, 4.69) is 26.9 Å². The largest absolute Gasteiger partial charge is 0.493 e. The first-order valence-electron chi connectivity index (χ1n) is 6.66. The number of hydrogen-bond acceptors (Lipinski definition) is 6. The second-order valence-electron chi connectivity index (χ2n) is 5.06. The molecule has 0 radical (unpaired) electrons. The van der Waals surface area contributed by atoms with Gasteiger partial charge >= 0.3 is 0 Å². The van der Waals surface area contributed by atoms with Crippen molar-refractivity contribution in [1.82, 2.24) is 25.6 Å². The number of ether oxygens (including phenoxy) is 1. The number of para-hydroxylation sites is 1. The highest BCUT2D eigenvalue weighted by Crippen LogP contribution is 2.28. The fourth-order valence-corrected chi connectivity index (χ4v) is 2.57. The zero-order valence-electron chi connectivity index (χ0n) is 11.4. The van der Waals surface area contributed by atoms with Gasteiger partial charge in [-0.2, -0.15) is 4.80 Å². The first kappa shape index (κ1) is 13.0. The lowest BCUT2D eigenvalue weighted by molar-refractivity contribution is 0.182. The molecule has 1 aliphatic rings. The molecular formula is C13H18N6O. The Kier molecular flexibility index (Phi) is 3.62. The number of hydrazine groups is 1. The van der Waals surface area contributed by atoms with E-state index in [-0.39, 0.29) is 6.04 Å². The van der Waals surface area contributed by atoms with Gasteiger partial charge in [-0.05, 0) is 23.3 Å². The van der Waals surface area contributed by atoms with Gasteiger partial charge in [0, 0.05) is 18.4 Å². The summed E-state index contributed by atoms with van der Waals surface area (Å²) in [5.74, 6) is 7.64. The number of aromatic nitrogens is 4. The molecule has 1 aromatic heterocycles. The Hall–Kier alpha value is -1.99. The van der Waals surface area contributed by atoms with Gasteiger partial charge in [0.05, 0.1) is 13.7 Å². The van der Waals surface area contributed by atoms with Gasteiger partial charge in [0.25, 0.3) is 0 Å². The Morgan fingerprint density at radius 3 is 3.10 bits per heavy atom. The number of nitrogens with two attached hydrogens (primary N) is 1. The van der Waals surface area contributed by atoms with Crippen LogP contribution in [0.1, 0.15) is 11.4 Å². The quantitative estimate of drug-likeness (QED) is 0.594. The zero-order chi connectivity index (χ0) is 13.9. The predicted octanol–water partition coefficient (Wildman–Crippen LogP) is -0.164. The summed E-state index contributed by atoms with van der Waals surface area (Å²) in [4.78, 5) is 1.45. The van der Waals surface area contributed by atoms with Gasteiger partial charge in [-0.1, -0.05) is 18.2 Å². The molecule has 3 N–H and O–H groups in total. The van der Waals surface area contributed by atoms with Crippen molar-refractivity contribution in [3.05, 3.63) is 35.7 Å². The molecule has 106 valence electrons. The molecule has 1 aliphatic heterocycles. The van der Waals surface area contributed by atoms with Gasteiger partial charge in [-0.3, -0.25) is 11.3 Å². The fraction of sp³-hybridized carbons (Fsp3) is 0.462. The molecule has 7 nitrogen and oxygen atoms in total. The molecule has 2 aromatic rings. The van der Waals surface area contributed by atoms with Crippen molar-refractivity contribution in [2.45, 2.75) is 18.9 Å². The van der Waals surface area contributed by atoms with Gasteiger partial charge in [0.1, 0.15) is 5.75 Å². The van der Waals surface area contributed by atoms with Crippen molar-refractivity contribution >= 4 is 0 Å². The number of tetrazole rings is 1. The fourth-order valence-electron chi connectivity index (χ4n) is 2.57. The zero-order valence-corrected chi connectivity index (χ0v) is 11.4. The molecule has 0 amide bonds. The average Bonchev–Trinajstić information content (AvgIpc) is 2.89. The van der Waals surface area contributed by atoms with Crippen LogP contribution in [0.2, 0.25) is 0 Å². The van der Waals surface area contributed by atoms with E-state index in [1.807, 2.05) is 18.2 Å². The topological polar surface area (TPSA) is 90.9 Å². The molecule has 0 saturated carbocycles. The molecule has 0 saturated heterocycles. The smallest absolute Gasteiger partial charge is 0.176 e. The van der Waals surface area contributed by atoms with E-state index in [1.165, 1.54) is 10.4 Å². The molecule has 2 atom stereocenters. The molecular weight excluding hydrogens is 256 g/mol. The van der Waals surface area contributed by atoms with Crippen LogP contribution in [0.3, 0.4) is 0 Å². The molecule has 0 fully saturated rings. The standard InChI is InChI=1S/C13H18N6O/c1-19-17-13(16-18-19)7-11(15-14)10-6-9-4-2-3-5-12(9)20-8-10/h2-5,10-11,15H,6-8,14H2,1H3. The van der Waals surface area contributed by atoms with Crippen molar-refractivity contribution in [3.63, 3.8) is 0 Å². The van der Waals surface area contributed by atoms with Gasteiger partial charge in [0.15, 0.2) is 5.82 Å². The lowest BCUT2D eigenvalue weighted by Gasteiger charge is -2.30. The molecule has 0 aliphatic carbocycles. The lowest BCUT2D eigenvalue weighted by atomic mass is 9.89. The van der Waals surface area contributed by atoms with Crippen molar-refractivity contribution in [2.75, 3.05) is 6.61 Å². The molecule has 1 aromatic carbocycles. The highest BCUT2D eigenvalue weighted by Gasteiger charge is 2.27. The molecule has 2 heterocycles. The molecule has 0 spiro atoms. The Balaban J connectivity index is 1.71. The Labute approximate surface area is 117 Å². The SMILES string of the molecule is Cn1nnc(CC(NN)C2COc3ccccc3C2)n1. The predicted molar refractivity (Wildman–Crippen MR) is 72.7 cm³/mol. The van der Waals surface area contributed by atoms with Crippen LogP contribution < -0.4 is 16.0 Å². The van der Waals surface area contributed by atoms with Crippen LogP contribution in [-0.4, -0.2) is 32.9 Å². The van der Waals surface area contributed by atoms with Crippen LogP contribution in [0.5, 0.6) is 5.75 Å². The third kappa shape index (κ3) is 2.63. The first-order chi connectivity index (χ1) is 9.76.